The number of nitrogens with two attached hydrogens (primary N) is 1. The molecule has 3 N–H and O–H groups in total. The largest absolute Gasteiger partial charge is 0.494 e. The van der Waals surface area contributed by atoms with Crippen LogP contribution in [0.25, 0.3) is 0 Å². The lowest BCUT2D eigenvalue weighted by Crippen LogP contribution is -2.24. The van der Waals surface area contributed by atoms with E-state index in [0.29, 0.717) is 21.4 Å². The Morgan fingerprint density at radius 2 is 1.80 bits per heavy atom. The quantitative estimate of drug-likeness (QED) is 0.865. The summed E-state index contributed by atoms with van der Waals surface area (Å²) in [6.07, 6.45) is -0.786. The van der Waals surface area contributed by atoms with Crippen LogP contribution in [-0.2, 0) is 0 Å². The Bertz CT molecular complexity index is 332. The van der Waals surface area contributed by atoms with E-state index < -0.39 is 6.10 Å². The van der Waals surface area contributed by atoms with Gasteiger partial charge in [-0.25, -0.2) is 0 Å². The lowest BCUT2D eigenvalue weighted by atomic mass is 10.0. The topological polar surface area (TPSA) is 55.5 Å². The first kappa shape index (κ1) is 12.6. The molecular weight excluding hydrogens is 237 g/mol. The molecule has 0 unspecified atom stereocenters. The molecule has 0 heterocycles. The highest BCUT2D eigenvalue weighted by molar-refractivity contribution is 6.37. The van der Waals surface area contributed by atoms with Crippen LogP contribution in [0.15, 0.2) is 12.1 Å². The molecule has 1 rings (SSSR count). The van der Waals surface area contributed by atoms with Crippen LogP contribution in [0, 0.1) is 0 Å². The number of aliphatic hydroxyl groups is 1. The Morgan fingerprint density at radius 1 is 1.33 bits per heavy atom. The second kappa shape index (κ2) is 5.03. The van der Waals surface area contributed by atoms with Crippen LogP contribution in [0.2, 0.25) is 10.0 Å². The molecule has 0 saturated heterocycles. The summed E-state index contributed by atoms with van der Waals surface area (Å²) in [6, 6.07) is 2.81. The Hall–Kier alpha value is -0.480. The first-order valence-electron chi connectivity index (χ1n) is 4.44. The van der Waals surface area contributed by atoms with Crippen molar-refractivity contribution >= 4 is 23.2 Å². The van der Waals surface area contributed by atoms with E-state index in [1.807, 2.05) is 0 Å². The van der Waals surface area contributed by atoms with Crippen LogP contribution in [0.5, 0.6) is 5.75 Å². The van der Waals surface area contributed by atoms with Crippen molar-refractivity contribution < 1.29 is 9.84 Å². The Morgan fingerprint density at radius 3 is 2.13 bits per heavy atom. The summed E-state index contributed by atoms with van der Waals surface area (Å²) in [4.78, 5) is 0. The van der Waals surface area contributed by atoms with Gasteiger partial charge in [0.25, 0.3) is 0 Å². The maximum Gasteiger partial charge on any atom is 0.156 e. The lowest BCUT2D eigenvalue weighted by molar-refractivity contribution is 0.153. The fraction of sp³-hybridized carbons (Fsp3) is 0.400. The van der Waals surface area contributed by atoms with Crippen molar-refractivity contribution in [2.75, 3.05) is 7.11 Å². The van der Waals surface area contributed by atoms with Crippen LogP contribution in [0.4, 0.5) is 0 Å². The lowest BCUT2D eigenvalue weighted by Gasteiger charge is -2.16. The number of ether oxygens (including phenoxy) is 1. The Labute approximate surface area is 98.7 Å². The van der Waals surface area contributed by atoms with Crippen LogP contribution in [0.3, 0.4) is 0 Å². The molecule has 0 amide bonds. The number of methoxy groups -OCH3 is 1. The van der Waals surface area contributed by atoms with Crippen LogP contribution < -0.4 is 10.5 Å². The van der Waals surface area contributed by atoms with E-state index in [1.54, 1.807) is 19.1 Å². The number of halogens is 2. The summed E-state index contributed by atoms with van der Waals surface area (Å²) in [5, 5.41) is 10.4. The SMILES string of the molecule is COc1c(Cl)cc([C@H](O)[C@@H](C)N)cc1Cl. The van der Waals surface area contributed by atoms with Crippen molar-refractivity contribution in [3.8, 4) is 5.75 Å². The van der Waals surface area contributed by atoms with Gasteiger partial charge in [-0.3, -0.25) is 0 Å². The van der Waals surface area contributed by atoms with Gasteiger partial charge in [0, 0.05) is 6.04 Å². The molecule has 3 nitrogen and oxygen atoms in total. The van der Waals surface area contributed by atoms with E-state index in [4.69, 9.17) is 33.7 Å². The number of hydrogen-bond donors (Lipinski definition) is 2. The van der Waals surface area contributed by atoms with E-state index in [-0.39, 0.29) is 6.04 Å². The highest BCUT2D eigenvalue weighted by Crippen LogP contribution is 2.35. The van der Waals surface area contributed by atoms with Gasteiger partial charge in [0.05, 0.1) is 23.3 Å². The molecule has 0 aliphatic rings. The van der Waals surface area contributed by atoms with E-state index >= 15 is 0 Å². The second-order valence-corrected chi connectivity index (χ2v) is 4.14. The minimum atomic E-state index is -0.786. The van der Waals surface area contributed by atoms with Gasteiger partial charge in [-0.2, -0.15) is 0 Å². The molecule has 84 valence electrons. The standard InChI is InChI=1S/C10H13Cl2NO2/c1-5(13)9(14)6-3-7(11)10(15-2)8(12)4-6/h3-5,9,14H,13H2,1-2H3/t5-,9-/m1/s1. The first-order chi connectivity index (χ1) is 6.97. The van der Waals surface area contributed by atoms with Crippen molar-refractivity contribution in [2.45, 2.75) is 19.1 Å². The summed E-state index contributed by atoms with van der Waals surface area (Å²) in [5.74, 6) is 0.402. The molecule has 0 bridgehead atoms. The van der Waals surface area contributed by atoms with Gasteiger partial charge >= 0.3 is 0 Å². The third kappa shape index (κ3) is 2.75. The number of hydrogen-bond acceptors (Lipinski definition) is 3. The summed E-state index contributed by atoms with van der Waals surface area (Å²) in [7, 11) is 1.48. The maximum absolute atomic E-state index is 9.73. The molecule has 5 heteroatoms. The summed E-state index contributed by atoms with van der Waals surface area (Å²) in [5.41, 5.74) is 6.16. The molecular formula is C10H13Cl2NO2. The first-order valence-corrected chi connectivity index (χ1v) is 5.19. The Balaban J connectivity index is 3.14. The third-order valence-electron chi connectivity index (χ3n) is 2.06. The smallest absolute Gasteiger partial charge is 0.156 e. The van der Waals surface area contributed by atoms with Gasteiger partial charge in [0.2, 0.25) is 0 Å². The monoisotopic (exact) mass is 249 g/mol. The third-order valence-corrected chi connectivity index (χ3v) is 2.63. The van der Waals surface area contributed by atoms with Gasteiger partial charge in [-0.15, -0.1) is 0 Å². The van der Waals surface area contributed by atoms with Gasteiger partial charge in [0.1, 0.15) is 0 Å². The van der Waals surface area contributed by atoms with Crippen LogP contribution in [-0.4, -0.2) is 18.3 Å². The van der Waals surface area contributed by atoms with Gasteiger partial charge in [0.15, 0.2) is 5.75 Å². The van der Waals surface area contributed by atoms with Crippen molar-refractivity contribution in [3.63, 3.8) is 0 Å². The highest BCUT2D eigenvalue weighted by Gasteiger charge is 2.16. The molecule has 0 radical (unpaired) electrons. The van der Waals surface area contributed by atoms with Crippen molar-refractivity contribution in [3.05, 3.63) is 27.7 Å². The van der Waals surface area contributed by atoms with E-state index in [2.05, 4.69) is 0 Å². The van der Waals surface area contributed by atoms with E-state index in [1.165, 1.54) is 7.11 Å². The summed E-state index contributed by atoms with van der Waals surface area (Å²) < 4.78 is 4.99. The molecule has 2 atom stereocenters. The predicted octanol–water partition coefficient (Wildman–Crippen LogP) is 2.38. The molecule has 0 saturated carbocycles. The van der Waals surface area contributed by atoms with Gasteiger partial charge < -0.3 is 15.6 Å². The highest BCUT2D eigenvalue weighted by atomic mass is 35.5. The normalized spacial score (nSPS) is 14.8. The summed E-state index contributed by atoms with van der Waals surface area (Å²) in [6.45, 7) is 1.71. The van der Waals surface area contributed by atoms with E-state index in [0.717, 1.165) is 0 Å². The van der Waals surface area contributed by atoms with Crippen molar-refractivity contribution in [1.82, 2.24) is 0 Å². The second-order valence-electron chi connectivity index (χ2n) is 3.32. The predicted molar refractivity (Wildman–Crippen MR) is 61.6 cm³/mol. The molecule has 0 spiro atoms. The molecule has 0 aliphatic carbocycles. The average molecular weight is 250 g/mol. The fourth-order valence-electron chi connectivity index (χ4n) is 1.25. The molecule has 0 aromatic heterocycles. The summed E-state index contributed by atoms with van der Waals surface area (Å²) >= 11 is 11.8. The molecule has 1 aromatic carbocycles. The zero-order valence-electron chi connectivity index (χ0n) is 8.50. The zero-order chi connectivity index (χ0) is 11.6. The zero-order valence-corrected chi connectivity index (χ0v) is 10.0. The van der Waals surface area contributed by atoms with Crippen LogP contribution >= 0.6 is 23.2 Å². The van der Waals surface area contributed by atoms with Gasteiger partial charge in [-0.05, 0) is 24.6 Å². The number of benzene rings is 1. The van der Waals surface area contributed by atoms with Crippen LogP contribution in [0.1, 0.15) is 18.6 Å². The molecule has 0 fully saturated rings. The molecule has 1 aromatic rings. The van der Waals surface area contributed by atoms with Crippen molar-refractivity contribution in [2.24, 2.45) is 5.73 Å². The molecule has 0 aliphatic heterocycles. The van der Waals surface area contributed by atoms with Crippen molar-refractivity contribution in [1.29, 1.82) is 0 Å². The molecule has 15 heavy (non-hydrogen) atoms. The fourth-order valence-corrected chi connectivity index (χ4v) is 1.91. The Kier molecular flexibility index (Phi) is 4.22. The number of aliphatic hydroxyl groups excluding tert-OH is 1. The minimum absolute atomic E-state index is 0.361. The average Bonchev–Trinajstić information content (AvgIpc) is 2.15. The van der Waals surface area contributed by atoms with Gasteiger partial charge in [-0.1, -0.05) is 23.2 Å². The number of rotatable bonds is 3. The van der Waals surface area contributed by atoms with E-state index in [9.17, 15) is 5.11 Å². The minimum Gasteiger partial charge on any atom is -0.494 e. The maximum atomic E-state index is 9.73.